The molecule has 0 saturated heterocycles. The molecule has 4 rings (SSSR count). The highest BCUT2D eigenvalue weighted by Gasteiger charge is 2.25. The summed E-state index contributed by atoms with van der Waals surface area (Å²) in [6.45, 7) is 2.24. The summed E-state index contributed by atoms with van der Waals surface area (Å²) in [5, 5.41) is 19.2. The number of nitrogens with zero attached hydrogens (tertiary/aromatic N) is 3. The van der Waals surface area contributed by atoms with Crippen LogP contribution in [0.15, 0.2) is 47.9 Å². The fourth-order valence-electron chi connectivity index (χ4n) is 2.94. The van der Waals surface area contributed by atoms with Gasteiger partial charge in [0.25, 0.3) is 0 Å². The molecule has 1 aliphatic heterocycles. The molecule has 6 heteroatoms. The second-order valence-corrected chi connectivity index (χ2v) is 7.13. The lowest BCUT2D eigenvalue weighted by Crippen LogP contribution is -2.19. The van der Waals surface area contributed by atoms with Gasteiger partial charge in [-0.15, -0.1) is 11.3 Å². The Bertz CT molecular complexity index is 881. The maximum absolute atomic E-state index is 9.06. The molecule has 2 aromatic heterocycles. The van der Waals surface area contributed by atoms with Crippen LogP contribution < -0.4 is 5.32 Å². The van der Waals surface area contributed by atoms with E-state index in [1.54, 1.807) is 11.3 Å². The number of aryl methyl sites for hydroxylation is 2. The third kappa shape index (κ3) is 3.23. The van der Waals surface area contributed by atoms with Gasteiger partial charge in [-0.2, -0.15) is 10.1 Å². The molecular formula is C19H20N4OS. The van der Waals surface area contributed by atoms with Crippen molar-refractivity contribution in [1.82, 2.24) is 14.8 Å². The van der Waals surface area contributed by atoms with Gasteiger partial charge in [0, 0.05) is 23.6 Å². The first-order chi connectivity index (χ1) is 12.2. The largest absolute Gasteiger partial charge is 0.396 e. The lowest BCUT2D eigenvalue weighted by Gasteiger charge is -2.23. The van der Waals surface area contributed by atoms with E-state index in [9.17, 15) is 0 Å². The predicted molar refractivity (Wildman–Crippen MR) is 101 cm³/mol. The molecule has 128 valence electrons. The molecule has 2 N–H and O–H groups in total. The van der Waals surface area contributed by atoms with E-state index in [4.69, 9.17) is 5.11 Å². The van der Waals surface area contributed by atoms with E-state index in [-0.39, 0.29) is 12.6 Å². The second-order valence-electron chi connectivity index (χ2n) is 6.15. The van der Waals surface area contributed by atoms with E-state index in [0.717, 1.165) is 23.0 Å². The van der Waals surface area contributed by atoms with Crippen molar-refractivity contribution < 1.29 is 5.11 Å². The summed E-state index contributed by atoms with van der Waals surface area (Å²) in [6, 6.07) is 12.7. The van der Waals surface area contributed by atoms with E-state index < -0.39 is 0 Å². The van der Waals surface area contributed by atoms with Crippen LogP contribution in [0, 0.1) is 6.92 Å². The van der Waals surface area contributed by atoms with Gasteiger partial charge in [0.1, 0.15) is 6.04 Å². The number of anilines is 1. The summed E-state index contributed by atoms with van der Waals surface area (Å²) < 4.78 is 1.94. The lowest BCUT2D eigenvalue weighted by molar-refractivity contribution is 0.287. The second kappa shape index (κ2) is 6.82. The Labute approximate surface area is 150 Å². The summed E-state index contributed by atoms with van der Waals surface area (Å²) >= 11 is 1.72. The number of aliphatic hydroxyl groups is 1. The Hall–Kier alpha value is -2.44. The molecule has 25 heavy (non-hydrogen) atoms. The van der Waals surface area contributed by atoms with Crippen molar-refractivity contribution in [3.8, 4) is 0 Å². The zero-order chi connectivity index (χ0) is 17.2. The quantitative estimate of drug-likeness (QED) is 0.736. The van der Waals surface area contributed by atoms with Crippen molar-refractivity contribution >= 4 is 23.0 Å². The van der Waals surface area contributed by atoms with Gasteiger partial charge in [-0.1, -0.05) is 35.9 Å². The van der Waals surface area contributed by atoms with Crippen LogP contribution in [0.4, 0.5) is 5.95 Å². The van der Waals surface area contributed by atoms with E-state index in [1.807, 2.05) is 4.68 Å². The fraction of sp³-hybridized carbons (Fsp3) is 0.263. The summed E-state index contributed by atoms with van der Waals surface area (Å²) in [7, 11) is 0. The van der Waals surface area contributed by atoms with Crippen LogP contribution in [0.25, 0.3) is 5.70 Å². The van der Waals surface area contributed by atoms with Gasteiger partial charge in [0.2, 0.25) is 5.95 Å². The summed E-state index contributed by atoms with van der Waals surface area (Å²) in [5.41, 5.74) is 3.43. The minimum atomic E-state index is 0.0305. The third-order valence-electron chi connectivity index (χ3n) is 4.27. The van der Waals surface area contributed by atoms with Crippen LogP contribution in [0.3, 0.4) is 0 Å². The normalized spacial score (nSPS) is 16.2. The standard InChI is InChI=1S/C19H20N4OS/c1-13-6-8-14(9-7-13)15-12-16(17-4-3-11-25-17)23-19(20-15)21-18(22-23)5-2-10-24/h3-4,6-9,11-12,16,24H,2,5,10H2,1H3,(H,20,21,22). The molecule has 1 aliphatic rings. The van der Waals surface area contributed by atoms with Crippen molar-refractivity contribution in [2.45, 2.75) is 25.8 Å². The zero-order valence-electron chi connectivity index (χ0n) is 14.0. The number of allylic oxidation sites excluding steroid dienone is 1. The van der Waals surface area contributed by atoms with Crippen molar-refractivity contribution in [3.05, 3.63) is 69.7 Å². The Morgan fingerprint density at radius 1 is 1.24 bits per heavy atom. The number of nitrogens with one attached hydrogen (secondary N) is 1. The Morgan fingerprint density at radius 2 is 2.08 bits per heavy atom. The number of hydrogen-bond donors (Lipinski definition) is 2. The van der Waals surface area contributed by atoms with Gasteiger partial charge >= 0.3 is 0 Å². The molecule has 0 fully saturated rings. The molecule has 5 nitrogen and oxygen atoms in total. The summed E-state index contributed by atoms with van der Waals surface area (Å²) in [4.78, 5) is 5.86. The lowest BCUT2D eigenvalue weighted by atomic mass is 10.1. The first-order valence-corrected chi connectivity index (χ1v) is 9.28. The molecule has 1 atom stereocenters. The molecule has 0 bridgehead atoms. The molecule has 1 unspecified atom stereocenters. The Morgan fingerprint density at radius 3 is 2.80 bits per heavy atom. The Kier molecular flexibility index (Phi) is 4.38. The molecule has 0 radical (unpaired) electrons. The topological polar surface area (TPSA) is 63.0 Å². The van der Waals surface area contributed by atoms with Gasteiger partial charge in [0.05, 0.1) is 0 Å². The SMILES string of the molecule is Cc1ccc(C2=CC(c3cccs3)n3nc(CCCO)nc3N2)cc1. The minimum Gasteiger partial charge on any atom is -0.396 e. The van der Waals surface area contributed by atoms with Gasteiger partial charge in [-0.3, -0.25) is 0 Å². The van der Waals surface area contributed by atoms with Crippen molar-refractivity contribution in [2.24, 2.45) is 0 Å². The van der Waals surface area contributed by atoms with Crippen LogP contribution in [0.2, 0.25) is 0 Å². The smallest absolute Gasteiger partial charge is 0.226 e. The fourth-order valence-corrected chi connectivity index (χ4v) is 3.72. The summed E-state index contributed by atoms with van der Waals surface area (Å²) in [6.07, 6.45) is 3.55. The van der Waals surface area contributed by atoms with E-state index in [2.05, 4.69) is 70.2 Å². The van der Waals surface area contributed by atoms with Crippen molar-refractivity contribution in [2.75, 3.05) is 11.9 Å². The highest BCUT2D eigenvalue weighted by molar-refractivity contribution is 7.10. The summed E-state index contributed by atoms with van der Waals surface area (Å²) in [5.74, 6) is 1.51. The van der Waals surface area contributed by atoms with Gasteiger partial charge in [-0.25, -0.2) is 4.68 Å². The van der Waals surface area contributed by atoms with Crippen LogP contribution in [-0.4, -0.2) is 26.5 Å². The number of rotatable bonds is 5. The van der Waals surface area contributed by atoms with Crippen LogP contribution in [0.5, 0.6) is 0 Å². The monoisotopic (exact) mass is 352 g/mol. The Balaban J connectivity index is 1.74. The minimum absolute atomic E-state index is 0.0305. The number of aliphatic hydroxyl groups excluding tert-OH is 1. The highest BCUT2D eigenvalue weighted by Crippen LogP contribution is 2.34. The maximum atomic E-state index is 9.06. The average Bonchev–Trinajstić information content (AvgIpc) is 3.29. The molecule has 3 aromatic rings. The van der Waals surface area contributed by atoms with Gasteiger partial charge < -0.3 is 10.4 Å². The first kappa shape index (κ1) is 16.1. The molecular weight excluding hydrogens is 332 g/mol. The van der Waals surface area contributed by atoms with Crippen LogP contribution in [0.1, 0.15) is 34.3 Å². The van der Waals surface area contributed by atoms with E-state index in [1.165, 1.54) is 10.4 Å². The molecule has 0 aliphatic carbocycles. The molecule has 0 saturated carbocycles. The number of benzene rings is 1. The van der Waals surface area contributed by atoms with Gasteiger partial charge in [-0.05, 0) is 36.4 Å². The van der Waals surface area contributed by atoms with Crippen LogP contribution >= 0.6 is 11.3 Å². The average molecular weight is 352 g/mol. The number of aromatic nitrogens is 3. The van der Waals surface area contributed by atoms with E-state index in [0.29, 0.717) is 12.8 Å². The van der Waals surface area contributed by atoms with Gasteiger partial charge in [0.15, 0.2) is 5.82 Å². The van der Waals surface area contributed by atoms with E-state index >= 15 is 0 Å². The van der Waals surface area contributed by atoms with Crippen molar-refractivity contribution in [3.63, 3.8) is 0 Å². The number of hydrogen-bond acceptors (Lipinski definition) is 5. The first-order valence-electron chi connectivity index (χ1n) is 8.40. The highest BCUT2D eigenvalue weighted by atomic mass is 32.1. The van der Waals surface area contributed by atoms with Crippen molar-refractivity contribution in [1.29, 1.82) is 0 Å². The third-order valence-corrected chi connectivity index (χ3v) is 5.21. The predicted octanol–water partition coefficient (Wildman–Crippen LogP) is 3.63. The number of fused-ring (bicyclic) bond motifs is 1. The maximum Gasteiger partial charge on any atom is 0.226 e. The zero-order valence-corrected chi connectivity index (χ0v) is 14.8. The van der Waals surface area contributed by atoms with Crippen LogP contribution in [-0.2, 0) is 6.42 Å². The molecule has 0 amide bonds. The number of thiophene rings is 1. The molecule has 0 spiro atoms. The molecule has 1 aromatic carbocycles. The molecule has 3 heterocycles.